The molecule has 2 heteroatoms. The van der Waals surface area contributed by atoms with Crippen LogP contribution in [0.25, 0.3) is 0 Å². The first-order valence-corrected chi connectivity index (χ1v) is 9.90. The van der Waals surface area contributed by atoms with Crippen LogP contribution in [0.2, 0.25) is 0 Å². The Bertz CT molecular complexity index is 643. The zero-order valence-corrected chi connectivity index (χ0v) is 16.7. The van der Waals surface area contributed by atoms with Gasteiger partial charge in [-0.25, -0.2) is 0 Å². The molecule has 0 saturated heterocycles. The summed E-state index contributed by atoms with van der Waals surface area (Å²) in [7, 11) is 0. The van der Waals surface area contributed by atoms with Crippen LogP contribution < -0.4 is 0 Å². The van der Waals surface area contributed by atoms with Crippen LogP contribution in [-0.4, -0.2) is 6.29 Å². The first kappa shape index (κ1) is 18.5. The fourth-order valence-electron chi connectivity index (χ4n) is 6.40. The van der Waals surface area contributed by atoms with Crippen LogP contribution in [0.4, 0.5) is 0 Å². The average molecular weight is 343 g/mol. The lowest BCUT2D eigenvalue weighted by Gasteiger charge is -2.61. The molecule has 25 heavy (non-hydrogen) atoms. The van der Waals surface area contributed by atoms with E-state index in [0.29, 0.717) is 23.7 Å². The van der Waals surface area contributed by atoms with E-state index in [1.54, 1.807) is 6.26 Å². The van der Waals surface area contributed by atoms with Crippen LogP contribution in [0, 0.1) is 34.5 Å². The minimum absolute atomic E-state index is 0.0225. The summed E-state index contributed by atoms with van der Waals surface area (Å²) >= 11 is 0. The van der Waals surface area contributed by atoms with Gasteiger partial charge in [-0.15, -0.1) is 0 Å². The predicted molar refractivity (Wildman–Crippen MR) is 102 cm³/mol. The van der Waals surface area contributed by atoms with Crippen LogP contribution in [0.15, 0.2) is 34.7 Å². The monoisotopic (exact) mass is 342 g/mol. The van der Waals surface area contributed by atoms with Crippen molar-refractivity contribution in [1.82, 2.24) is 0 Å². The number of hydrogen-bond donors (Lipinski definition) is 0. The van der Waals surface area contributed by atoms with Crippen LogP contribution in [-0.2, 0) is 4.79 Å². The van der Waals surface area contributed by atoms with Crippen molar-refractivity contribution in [3.63, 3.8) is 0 Å². The molecule has 138 valence electrons. The summed E-state index contributed by atoms with van der Waals surface area (Å²) in [6.45, 7) is 14.2. The van der Waals surface area contributed by atoms with Gasteiger partial charge in [-0.05, 0) is 72.3 Å². The number of fused-ring (bicyclic) bond motifs is 1. The van der Waals surface area contributed by atoms with Crippen molar-refractivity contribution >= 4 is 6.29 Å². The zero-order valence-electron chi connectivity index (χ0n) is 16.7. The molecule has 1 heterocycles. The zero-order chi connectivity index (χ0) is 18.4. The second-order valence-corrected chi connectivity index (χ2v) is 9.41. The van der Waals surface area contributed by atoms with Gasteiger partial charge < -0.3 is 9.21 Å². The Morgan fingerprint density at radius 1 is 1.36 bits per heavy atom. The Labute approximate surface area is 153 Å². The highest BCUT2D eigenvalue weighted by Crippen LogP contribution is 2.64. The maximum atomic E-state index is 12.1. The van der Waals surface area contributed by atoms with Crippen molar-refractivity contribution in [2.45, 2.75) is 66.7 Å². The molecule has 1 saturated carbocycles. The van der Waals surface area contributed by atoms with Gasteiger partial charge in [0.15, 0.2) is 0 Å². The van der Waals surface area contributed by atoms with E-state index in [2.05, 4.69) is 53.7 Å². The molecule has 2 aliphatic carbocycles. The summed E-state index contributed by atoms with van der Waals surface area (Å²) in [5.74, 6) is 2.27. The number of furan rings is 1. The standard InChI is InChI=1S/C23H34O2/c1-15-11-17(3)22(5)9-7-20(13-24)23(6,21(22)18(15)4)12-16(2)19-8-10-25-14-19/h8,10-11,13-16,18,20-21H,7,9,12H2,1-6H3/t15?,16?,18?,20-,21?,22-,23-/m0/s1. The van der Waals surface area contributed by atoms with Gasteiger partial charge >= 0.3 is 0 Å². The molecule has 3 rings (SSSR count). The van der Waals surface area contributed by atoms with E-state index >= 15 is 0 Å². The molecular weight excluding hydrogens is 308 g/mol. The third-order valence-electron chi connectivity index (χ3n) is 8.01. The van der Waals surface area contributed by atoms with Crippen molar-refractivity contribution in [3.8, 4) is 0 Å². The van der Waals surface area contributed by atoms with Crippen molar-refractivity contribution in [3.05, 3.63) is 35.8 Å². The number of allylic oxidation sites excluding steroid dienone is 2. The summed E-state index contributed by atoms with van der Waals surface area (Å²) < 4.78 is 5.31. The normalized spacial score (nSPS) is 42.4. The highest BCUT2D eigenvalue weighted by Gasteiger charge is 2.57. The highest BCUT2D eigenvalue weighted by atomic mass is 16.3. The van der Waals surface area contributed by atoms with Crippen LogP contribution >= 0.6 is 0 Å². The van der Waals surface area contributed by atoms with Crippen LogP contribution in [0.3, 0.4) is 0 Å². The summed E-state index contributed by atoms with van der Waals surface area (Å²) in [4.78, 5) is 12.1. The summed E-state index contributed by atoms with van der Waals surface area (Å²) in [5, 5.41) is 0. The molecule has 1 aromatic rings. The Balaban J connectivity index is 2.03. The maximum Gasteiger partial charge on any atom is 0.123 e. The minimum atomic E-state index is 0.0225. The molecule has 0 N–H and O–H groups in total. The van der Waals surface area contributed by atoms with E-state index in [4.69, 9.17) is 4.42 Å². The topological polar surface area (TPSA) is 30.2 Å². The predicted octanol–water partition coefficient (Wildman–Crippen LogP) is 6.24. The molecule has 1 fully saturated rings. The summed E-state index contributed by atoms with van der Waals surface area (Å²) in [5.41, 5.74) is 3.03. The lowest BCUT2D eigenvalue weighted by molar-refractivity contribution is -0.130. The Morgan fingerprint density at radius 3 is 2.68 bits per heavy atom. The molecule has 0 radical (unpaired) electrons. The molecule has 0 aromatic carbocycles. The van der Waals surface area contributed by atoms with E-state index in [1.807, 2.05) is 6.26 Å². The Kier molecular flexibility index (Phi) is 4.77. The molecule has 0 spiro atoms. The minimum Gasteiger partial charge on any atom is -0.472 e. The molecule has 0 amide bonds. The maximum absolute atomic E-state index is 12.1. The van der Waals surface area contributed by atoms with Crippen molar-refractivity contribution in [2.24, 2.45) is 34.5 Å². The van der Waals surface area contributed by atoms with Gasteiger partial charge in [0.1, 0.15) is 6.29 Å². The smallest absolute Gasteiger partial charge is 0.123 e. The number of carbonyl (C=O) groups excluding carboxylic acids is 1. The quantitative estimate of drug-likeness (QED) is 0.478. The third kappa shape index (κ3) is 2.82. The van der Waals surface area contributed by atoms with Gasteiger partial charge in [0.2, 0.25) is 0 Å². The van der Waals surface area contributed by atoms with Crippen molar-refractivity contribution < 1.29 is 9.21 Å². The summed E-state index contributed by atoms with van der Waals surface area (Å²) in [6.07, 6.45) is 10.6. The van der Waals surface area contributed by atoms with Crippen LogP contribution in [0.5, 0.6) is 0 Å². The van der Waals surface area contributed by atoms with E-state index in [-0.39, 0.29) is 16.7 Å². The molecule has 1 aromatic heterocycles. The summed E-state index contributed by atoms with van der Waals surface area (Å²) in [6, 6.07) is 2.07. The van der Waals surface area contributed by atoms with Crippen LogP contribution in [0.1, 0.15) is 72.3 Å². The number of rotatable bonds is 4. The second-order valence-electron chi connectivity index (χ2n) is 9.41. The average Bonchev–Trinajstić information content (AvgIpc) is 3.08. The first-order chi connectivity index (χ1) is 11.7. The number of aldehydes is 1. The Hall–Kier alpha value is -1.31. The van der Waals surface area contributed by atoms with Gasteiger partial charge in [-0.2, -0.15) is 0 Å². The molecule has 0 bridgehead atoms. The number of hydrogen-bond acceptors (Lipinski definition) is 2. The lowest BCUT2D eigenvalue weighted by Crippen LogP contribution is -2.55. The molecule has 7 atom stereocenters. The van der Waals surface area contributed by atoms with E-state index in [9.17, 15) is 4.79 Å². The molecule has 4 unspecified atom stereocenters. The van der Waals surface area contributed by atoms with Gasteiger partial charge in [0, 0.05) is 5.92 Å². The lowest BCUT2D eigenvalue weighted by atomic mass is 9.43. The third-order valence-corrected chi connectivity index (χ3v) is 8.01. The number of carbonyl (C=O) groups is 1. The largest absolute Gasteiger partial charge is 0.472 e. The van der Waals surface area contributed by atoms with E-state index < -0.39 is 0 Å². The van der Waals surface area contributed by atoms with E-state index in [1.165, 1.54) is 17.4 Å². The Morgan fingerprint density at radius 2 is 2.08 bits per heavy atom. The highest BCUT2D eigenvalue weighted by molar-refractivity contribution is 5.56. The fraction of sp³-hybridized carbons (Fsp3) is 0.696. The van der Waals surface area contributed by atoms with Crippen molar-refractivity contribution in [1.29, 1.82) is 0 Å². The molecule has 2 aliphatic rings. The SMILES string of the molecule is CC1=CC(C)C(C)C2[C@@]1(C)CC[C@@H](C=O)[C@]2(C)CC(C)c1ccoc1. The second kappa shape index (κ2) is 6.45. The molecular formula is C23H34O2. The molecule has 0 aliphatic heterocycles. The van der Waals surface area contributed by atoms with Gasteiger partial charge in [0.25, 0.3) is 0 Å². The van der Waals surface area contributed by atoms with Gasteiger partial charge in [0.05, 0.1) is 12.5 Å². The van der Waals surface area contributed by atoms with Crippen molar-refractivity contribution in [2.75, 3.05) is 0 Å². The molecule has 2 nitrogen and oxygen atoms in total. The fourth-order valence-corrected chi connectivity index (χ4v) is 6.40. The van der Waals surface area contributed by atoms with Gasteiger partial charge in [-0.1, -0.05) is 46.3 Å². The first-order valence-electron chi connectivity index (χ1n) is 9.90. The van der Waals surface area contributed by atoms with E-state index in [0.717, 1.165) is 19.3 Å². The van der Waals surface area contributed by atoms with Gasteiger partial charge in [-0.3, -0.25) is 0 Å².